The number of hydrogen-bond donors (Lipinski definition) is 0. The summed E-state index contributed by atoms with van der Waals surface area (Å²) in [6, 6.07) is 7.72. The van der Waals surface area contributed by atoms with Crippen molar-refractivity contribution < 1.29 is 14.3 Å². The smallest absolute Gasteiger partial charge is 0.227 e. The average Bonchev–Trinajstić information content (AvgIpc) is 2.90. The SMILES string of the molecule is COc1cccc(CC(=O)N2CC3(CC(OC)CS3)C2)c1. The van der Waals surface area contributed by atoms with Crippen LogP contribution in [-0.4, -0.2) is 54.7 Å². The van der Waals surface area contributed by atoms with Gasteiger partial charge in [-0.1, -0.05) is 12.1 Å². The van der Waals surface area contributed by atoms with Crippen molar-refractivity contribution in [2.75, 3.05) is 33.1 Å². The Morgan fingerprint density at radius 3 is 2.90 bits per heavy atom. The average molecular weight is 307 g/mol. The molecule has 2 saturated heterocycles. The monoisotopic (exact) mass is 307 g/mol. The van der Waals surface area contributed by atoms with Crippen molar-refractivity contribution in [2.24, 2.45) is 0 Å². The summed E-state index contributed by atoms with van der Waals surface area (Å²) in [5.41, 5.74) is 1.01. The highest BCUT2D eigenvalue weighted by Gasteiger charge is 2.50. The molecule has 2 heterocycles. The normalized spacial score (nSPS) is 23.1. The molecule has 0 aromatic heterocycles. The minimum Gasteiger partial charge on any atom is -0.497 e. The molecule has 2 aliphatic rings. The minimum absolute atomic E-state index is 0.204. The van der Waals surface area contributed by atoms with E-state index in [2.05, 4.69) is 0 Å². The van der Waals surface area contributed by atoms with Crippen molar-refractivity contribution in [1.29, 1.82) is 0 Å². The van der Waals surface area contributed by atoms with Crippen molar-refractivity contribution in [2.45, 2.75) is 23.7 Å². The van der Waals surface area contributed by atoms with Crippen LogP contribution >= 0.6 is 11.8 Å². The van der Waals surface area contributed by atoms with Crippen LogP contribution in [0.15, 0.2) is 24.3 Å². The minimum atomic E-state index is 0.204. The van der Waals surface area contributed by atoms with Gasteiger partial charge in [-0.25, -0.2) is 0 Å². The summed E-state index contributed by atoms with van der Waals surface area (Å²) >= 11 is 1.96. The molecule has 114 valence electrons. The van der Waals surface area contributed by atoms with Crippen LogP contribution in [0.5, 0.6) is 5.75 Å². The van der Waals surface area contributed by atoms with E-state index in [1.54, 1.807) is 14.2 Å². The Morgan fingerprint density at radius 1 is 1.43 bits per heavy atom. The molecule has 2 fully saturated rings. The predicted octanol–water partition coefficient (Wildman–Crippen LogP) is 1.97. The second-order valence-corrected chi connectivity index (χ2v) is 7.32. The lowest BCUT2D eigenvalue weighted by atomic mass is 9.92. The Hall–Kier alpha value is -1.20. The number of benzene rings is 1. The molecule has 1 unspecified atom stereocenters. The molecule has 5 heteroatoms. The third-order valence-corrected chi connectivity index (χ3v) is 5.88. The van der Waals surface area contributed by atoms with E-state index in [9.17, 15) is 4.79 Å². The molecule has 1 atom stereocenters. The van der Waals surface area contributed by atoms with Gasteiger partial charge in [0, 0.05) is 26.0 Å². The van der Waals surface area contributed by atoms with Crippen LogP contribution in [0.4, 0.5) is 0 Å². The summed E-state index contributed by atoms with van der Waals surface area (Å²) in [6.07, 6.45) is 1.87. The number of ether oxygens (including phenoxy) is 2. The second-order valence-electron chi connectivity index (χ2n) is 5.83. The molecule has 1 aromatic rings. The Labute approximate surface area is 129 Å². The van der Waals surface area contributed by atoms with E-state index in [0.29, 0.717) is 12.5 Å². The molecule has 0 bridgehead atoms. The van der Waals surface area contributed by atoms with Crippen LogP contribution in [0.2, 0.25) is 0 Å². The highest BCUT2D eigenvalue weighted by Crippen LogP contribution is 2.45. The number of methoxy groups -OCH3 is 2. The highest BCUT2D eigenvalue weighted by atomic mass is 32.2. The molecule has 4 nitrogen and oxygen atoms in total. The quantitative estimate of drug-likeness (QED) is 0.852. The summed E-state index contributed by atoms with van der Waals surface area (Å²) in [5.74, 6) is 2.05. The van der Waals surface area contributed by atoms with Gasteiger partial charge in [0.25, 0.3) is 0 Å². The van der Waals surface area contributed by atoms with E-state index >= 15 is 0 Å². The van der Waals surface area contributed by atoms with Gasteiger partial charge in [0.1, 0.15) is 5.75 Å². The third-order valence-electron chi connectivity index (χ3n) is 4.31. The summed E-state index contributed by atoms with van der Waals surface area (Å²) < 4.78 is 10.9. The number of carbonyl (C=O) groups excluding carboxylic acids is 1. The van der Waals surface area contributed by atoms with Crippen LogP contribution in [0.3, 0.4) is 0 Å². The Kier molecular flexibility index (Phi) is 4.13. The van der Waals surface area contributed by atoms with E-state index in [1.165, 1.54) is 0 Å². The van der Waals surface area contributed by atoms with Gasteiger partial charge in [-0.05, 0) is 24.1 Å². The standard InChI is InChI=1S/C16H21NO3S/c1-19-13-5-3-4-12(6-13)7-15(18)17-10-16(11-17)8-14(20-2)9-21-16/h3-6,14H,7-11H2,1-2H3. The Morgan fingerprint density at radius 2 is 2.24 bits per heavy atom. The molecule has 0 N–H and O–H groups in total. The van der Waals surface area contributed by atoms with Crippen molar-refractivity contribution in [1.82, 2.24) is 4.90 Å². The van der Waals surface area contributed by atoms with Crippen molar-refractivity contribution in [3.05, 3.63) is 29.8 Å². The maximum atomic E-state index is 12.3. The Bertz CT molecular complexity index is 528. The van der Waals surface area contributed by atoms with E-state index in [0.717, 1.165) is 36.6 Å². The summed E-state index contributed by atoms with van der Waals surface area (Å²) in [4.78, 5) is 14.3. The van der Waals surface area contributed by atoms with Crippen LogP contribution < -0.4 is 4.74 Å². The number of carbonyl (C=O) groups is 1. The first kappa shape index (κ1) is 14.7. The number of hydrogen-bond acceptors (Lipinski definition) is 4. The first-order valence-corrected chi connectivity index (χ1v) is 8.20. The molecule has 21 heavy (non-hydrogen) atoms. The fraction of sp³-hybridized carbons (Fsp3) is 0.562. The zero-order valence-corrected chi connectivity index (χ0v) is 13.3. The van der Waals surface area contributed by atoms with Gasteiger partial charge < -0.3 is 14.4 Å². The molecule has 2 aliphatic heterocycles. The van der Waals surface area contributed by atoms with Gasteiger partial charge in [-0.2, -0.15) is 0 Å². The van der Waals surface area contributed by atoms with Crippen molar-refractivity contribution >= 4 is 17.7 Å². The first-order valence-electron chi connectivity index (χ1n) is 7.21. The molecule has 0 radical (unpaired) electrons. The molecule has 1 aromatic carbocycles. The van der Waals surface area contributed by atoms with Crippen molar-refractivity contribution in [3.63, 3.8) is 0 Å². The van der Waals surface area contributed by atoms with Gasteiger partial charge in [0.15, 0.2) is 0 Å². The summed E-state index contributed by atoms with van der Waals surface area (Å²) in [6.45, 7) is 1.72. The fourth-order valence-corrected chi connectivity index (χ4v) is 4.66. The fourth-order valence-electron chi connectivity index (χ4n) is 3.07. The van der Waals surface area contributed by atoms with Gasteiger partial charge in [0.05, 0.1) is 24.4 Å². The highest BCUT2D eigenvalue weighted by molar-refractivity contribution is 8.01. The molecular formula is C16H21NO3S. The van der Waals surface area contributed by atoms with E-state index in [1.807, 2.05) is 40.9 Å². The van der Waals surface area contributed by atoms with Crippen LogP contribution in [0.25, 0.3) is 0 Å². The zero-order chi connectivity index (χ0) is 14.9. The summed E-state index contributed by atoms with van der Waals surface area (Å²) in [5, 5.41) is 0. The largest absolute Gasteiger partial charge is 0.497 e. The molecule has 0 saturated carbocycles. The molecule has 0 aliphatic carbocycles. The van der Waals surface area contributed by atoms with Crippen LogP contribution in [0.1, 0.15) is 12.0 Å². The molecular weight excluding hydrogens is 286 g/mol. The maximum absolute atomic E-state index is 12.3. The number of nitrogens with zero attached hydrogens (tertiary/aromatic N) is 1. The lowest BCUT2D eigenvalue weighted by Gasteiger charge is -2.47. The number of likely N-dealkylation sites (tertiary alicyclic amines) is 1. The van der Waals surface area contributed by atoms with Crippen LogP contribution in [0, 0.1) is 0 Å². The topological polar surface area (TPSA) is 38.8 Å². The van der Waals surface area contributed by atoms with Gasteiger partial charge in [-0.3, -0.25) is 4.79 Å². The first-order chi connectivity index (χ1) is 10.1. The zero-order valence-electron chi connectivity index (χ0n) is 12.5. The van der Waals surface area contributed by atoms with Gasteiger partial charge in [0.2, 0.25) is 5.91 Å². The second kappa shape index (κ2) is 5.89. The lowest BCUT2D eigenvalue weighted by molar-refractivity contribution is -0.135. The number of rotatable bonds is 4. The maximum Gasteiger partial charge on any atom is 0.227 e. The van der Waals surface area contributed by atoms with Crippen molar-refractivity contribution in [3.8, 4) is 5.75 Å². The molecule has 1 spiro atoms. The molecule has 3 rings (SSSR count). The van der Waals surface area contributed by atoms with Gasteiger partial charge >= 0.3 is 0 Å². The third kappa shape index (κ3) is 3.04. The Balaban J connectivity index is 1.54. The predicted molar refractivity (Wildman–Crippen MR) is 83.9 cm³/mol. The summed E-state index contributed by atoms with van der Waals surface area (Å²) in [7, 11) is 3.41. The van der Waals surface area contributed by atoms with E-state index in [-0.39, 0.29) is 10.7 Å². The molecule has 1 amide bonds. The van der Waals surface area contributed by atoms with E-state index < -0.39 is 0 Å². The van der Waals surface area contributed by atoms with E-state index in [4.69, 9.17) is 9.47 Å². The lowest BCUT2D eigenvalue weighted by Crippen LogP contribution is -2.61. The van der Waals surface area contributed by atoms with Gasteiger partial charge in [-0.15, -0.1) is 11.8 Å². The van der Waals surface area contributed by atoms with Crippen LogP contribution in [-0.2, 0) is 16.0 Å². The number of amides is 1. The number of thioether (sulfide) groups is 1.